The predicted molar refractivity (Wildman–Crippen MR) is 88.7 cm³/mol. The summed E-state index contributed by atoms with van der Waals surface area (Å²) in [4.78, 5) is 15.7. The van der Waals surface area contributed by atoms with Gasteiger partial charge < -0.3 is 0 Å². The first-order valence-electron chi connectivity index (χ1n) is 8.11. The van der Waals surface area contributed by atoms with Crippen LogP contribution in [-0.4, -0.2) is 39.1 Å². The van der Waals surface area contributed by atoms with Crippen LogP contribution in [0.1, 0.15) is 63.4 Å². The maximum absolute atomic E-state index is 13.4. The molecule has 0 amide bonds. The highest BCUT2D eigenvalue weighted by Gasteiger charge is 2.46. The van der Waals surface area contributed by atoms with E-state index in [4.69, 9.17) is 0 Å². The Bertz CT molecular complexity index is 488. The summed E-state index contributed by atoms with van der Waals surface area (Å²) in [6.45, 7) is 9.04. The van der Waals surface area contributed by atoms with Gasteiger partial charge >= 0.3 is 0 Å². The summed E-state index contributed by atoms with van der Waals surface area (Å²) in [5.41, 5.74) is 0.433. The fourth-order valence-corrected chi connectivity index (χ4v) is 4.14. The molecule has 21 heavy (non-hydrogen) atoms. The molecule has 4 nitrogen and oxygen atoms in total. The summed E-state index contributed by atoms with van der Waals surface area (Å²) < 4.78 is 2.70. The lowest BCUT2D eigenvalue weighted by Crippen LogP contribution is -2.53. The van der Waals surface area contributed by atoms with E-state index in [-0.39, 0.29) is 11.3 Å². The minimum atomic E-state index is -0.322. The van der Waals surface area contributed by atoms with E-state index >= 15 is 0 Å². The summed E-state index contributed by atoms with van der Waals surface area (Å²) in [5, 5.41) is 4.37. The zero-order chi connectivity index (χ0) is 15.5. The van der Waals surface area contributed by atoms with Crippen molar-refractivity contribution in [1.29, 1.82) is 0 Å². The normalized spacial score (nSPS) is 17.6. The fraction of sp³-hybridized carbons (Fsp3) is 0.750. The van der Waals surface area contributed by atoms with E-state index in [2.05, 4.69) is 46.7 Å². The Labute approximate surface area is 136 Å². The summed E-state index contributed by atoms with van der Waals surface area (Å²) >= 11 is 3.53. The van der Waals surface area contributed by atoms with Crippen LogP contribution in [0.4, 0.5) is 0 Å². The highest BCUT2D eigenvalue weighted by atomic mass is 79.9. The van der Waals surface area contributed by atoms with Crippen molar-refractivity contribution in [2.24, 2.45) is 0 Å². The van der Waals surface area contributed by atoms with Gasteiger partial charge in [-0.05, 0) is 48.3 Å². The highest BCUT2D eigenvalue weighted by Crippen LogP contribution is 2.39. The van der Waals surface area contributed by atoms with Crippen LogP contribution >= 0.6 is 15.9 Å². The monoisotopic (exact) mass is 355 g/mol. The molecule has 1 aliphatic carbocycles. The maximum Gasteiger partial charge on any atom is 0.202 e. The summed E-state index contributed by atoms with van der Waals surface area (Å²) in [5.74, 6) is 0.251. The second-order valence-electron chi connectivity index (χ2n) is 5.80. The molecule has 0 aliphatic heterocycles. The van der Waals surface area contributed by atoms with Gasteiger partial charge in [-0.15, -0.1) is 0 Å². The van der Waals surface area contributed by atoms with Gasteiger partial charge in [0.1, 0.15) is 5.69 Å². The quantitative estimate of drug-likeness (QED) is 0.696. The van der Waals surface area contributed by atoms with Crippen LogP contribution in [0.3, 0.4) is 0 Å². The number of likely N-dealkylation sites (N-methyl/N-ethyl adjacent to an activating group) is 1. The first-order chi connectivity index (χ1) is 10.1. The van der Waals surface area contributed by atoms with E-state index in [1.807, 2.05) is 4.68 Å². The Hall–Kier alpha value is -0.680. The first kappa shape index (κ1) is 16.7. The fourth-order valence-electron chi connectivity index (χ4n) is 3.67. The molecule has 0 spiro atoms. The van der Waals surface area contributed by atoms with E-state index < -0.39 is 0 Å². The predicted octanol–water partition coefficient (Wildman–Crippen LogP) is 3.89. The van der Waals surface area contributed by atoms with E-state index in [0.717, 1.165) is 61.9 Å². The largest absolute Gasteiger partial charge is 0.291 e. The SMILES string of the molecule is CCCn1ncc(Br)c1C(=O)C1(N(CC)CC)CCCC1. The lowest BCUT2D eigenvalue weighted by Gasteiger charge is -2.39. The van der Waals surface area contributed by atoms with Gasteiger partial charge in [0.25, 0.3) is 0 Å². The van der Waals surface area contributed by atoms with Crippen LogP contribution in [0.2, 0.25) is 0 Å². The second-order valence-corrected chi connectivity index (χ2v) is 6.66. The number of hydrogen-bond donors (Lipinski definition) is 0. The van der Waals surface area contributed by atoms with Crippen molar-refractivity contribution in [3.8, 4) is 0 Å². The Morgan fingerprint density at radius 2 is 1.95 bits per heavy atom. The van der Waals surface area contributed by atoms with Crippen LogP contribution in [0.15, 0.2) is 10.7 Å². The number of carbonyl (C=O) groups is 1. The van der Waals surface area contributed by atoms with Gasteiger partial charge in [-0.1, -0.05) is 33.6 Å². The van der Waals surface area contributed by atoms with E-state index in [0.29, 0.717) is 0 Å². The number of aromatic nitrogens is 2. The molecule has 0 aromatic carbocycles. The zero-order valence-corrected chi connectivity index (χ0v) is 14.9. The maximum atomic E-state index is 13.4. The first-order valence-corrected chi connectivity index (χ1v) is 8.91. The number of Topliss-reactive ketones (excluding diaryl/α,β-unsaturated/α-hetero) is 1. The van der Waals surface area contributed by atoms with Crippen LogP contribution < -0.4 is 0 Å². The molecule has 118 valence electrons. The number of nitrogens with zero attached hydrogens (tertiary/aromatic N) is 3. The molecule has 5 heteroatoms. The smallest absolute Gasteiger partial charge is 0.202 e. The van der Waals surface area contributed by atoms with Crippen LogP contribution in [0, 0.1) is 0 Å². The van der Waals surface area contributed by atoms with Gasteiger partial charge in [0, 0.05) is 6.54 Å². The third-order valence-electron chi connectivity index (χ3n) is 4.67. The van der Waals surface area contributed by atoms with Gasteiger partial charge in [0.2, 0.25) is 5.78 Å². The Morgan fingerprint density at radius 1 is 1.33 bits per heavy atom. The van der Waals surface area contributed by atoms with Crippen molar-refractivity contribution in [3.05, 3.63) is 16.4 Å². The number of carbonyl (C=O) groups excluding carboxylic acids is 1. The van der Waals surface area contributed by atoms with E-state index in [1.165, 1.54) is 0 Å². The number of aryl methyl sites for hydroxylation is 1. The Morgan fingerprint density at radius 3 is 2.48 bits per heavy atom. The lowest BCUT2D eigenvalue weighted by molar-refractivity contribution is 0.0571. The Kier molecular flexibility index (Phi) is 5.60. The van der Waals surface area contributed by atoms with Crippen LogP contribution in [0.5, 0.6) is 0 Å². The Balaban J connectivity index is 2.42. The van der Waals surface area contributed by atoms with Crippen molar-refractivity contribution in [1.82, 2.24) is 14.7 Å². The van der Waals surface area contributed by atoms with Crippen LogP contribution in [0.25, 0.3) is 0 Å². The molecule has 1 saturated carbocycles. The van der Waals surface area contributed by atoms with Crippen molar-refractivity contribution in [3.63, 3.8) is 0 Å². The number of halogens is 1. The number of ketones is 1. The van der Waals surface area contributed by atoms with E-state index in [1.54, 1.807) is 6.20 Å². The highest BCUT2D eigenvalue weighted by molar-refractivity contribution is 9.10. The molecular formula is C16H26BrN3O. The summed E-state index contributed by atoms with van der Waals surface area (Å²) in [6.07, 6.45) is 6.96. The van der Waals surface area contributed by atoms with Crippen LogP contribution in [-0.2, 0) is 6.54 Å². The van der Waals surface area contributed by atoms with Crippen molar-refractivity contribution in [2.75, 3.05) is 13.1 Å². The van der Waals surface area contributed by atoms with Crippen molar-refractivity contribution < 1.29 is 4.79 Å². The molecule has 1 aliphatic rings. The molecule has 1 heterocycles. The van der Waals surface area contributed by atoms with Gasteiger partial charge in [0.15, 0.2) is 0 Å². The molecule has 0 N–H and O–H groups in total. The van der Waals surface area contributed by atoms with Gasteiger partial charge in [-0.3, -0.25) is 14.4 Å². The third-order valence-corrected chi connectivity index (χ3v) is 5.25. The average molecular weight is 356 g/mol. The van der Waals surface area contributed by atoms with Crippen molar-refractivity contribution in [2.45, 2.75) is 65.0 Å². The standard InChI is InChI=1S/C16H26BrN3O/c1-4-11-20-14(13(17)12-18-20)15(21)16(9-7-8-10-16)19(5-2)6-3/h12H,4-11H2,1-3H3. The molecular weight excluding hydrogens is 330 g/mol. The molecule has 0 saturated heterocycles. The lowest BCUT2D eigenvalue weighted by atomic mass is 9.87. The number of rotatable bonds is 7. The molecule has 1 aromatic rings. The second kappa shape index (κ2) is 7.05. The minimum absolute atomic E-state index is 0.251. The summed E-state index contributed by atoms with van der Waals surface area (Å²) in [7, 11) is 0. The molecule has 0 unspecified atom stereocenters. The molecule has 1 aromatic heterocycles. The van der Waals surface area contributed by atoms with Gasteiger partial charge in [-0.25, -0.2) is 0 Å². The number of hydrogen-bond acceptors (Lipinski definition) is 3. The van der Waals surface area contributed by atoms with Gasteiger partial charge in [0.05, 0.1) is 16.2 Å². The minimum Gasteiger partial charge on any atom is -0.291 e. The molecule has 2 rings (SSSR count). The van der Waals surface area contributed by atoms with Crippen molar-refractivity contribution >= 4 is 21.7 Å². The van der Waals surface area contributed by atoms with E-state index in [9.17, 15) is 4.79 Å². The molecule has 0 bridgehead atoms. The summed E-state index contributed by atoms with van der Waals surface area (Å²) in [6, 6.07) is 0. The third kappa shape index (κ3) is 2.95. The zero-order valence-electron chi connectivity index (χ0n) is 13.4. The molecule has 1 fully saturated rings. The molecule has 0 radical (unpaired) electrons. The van der Waals surface area contributed by atoms with Gasteiger partial charge in [-0.2, -0.15) is 5.10 Å². The topological polar surface area (TPSA) is 38.1 Å². The molecule has 0 atom stereocenters. The average Bonchev–Trinajstić information content (AvgIpc) is 3.09.